The first-order chi connectivity index (χ1) is 12.0. The van der Waals surface area contributed by atoms with Crippen LogP contribution in [0.25, 0.3) is 0 Å². The van der Waals surface area contributed by atoms with Crippen molar-refractivity contribution in [1.29, 1.82) is 0 Å². The van der Waals surface area contributed by atoms with E-state index in [9.17, 15) is 13.2 Å². The Balaban J connectivity index is 1.35. The van der Waals surface area contributed by atoms with Gasteiger partial charge in [-0.3, -0.25) is 4.90 Å². The van der Waals surface area contributed by atoms with E-state index < -0.39 is 11.1 Å². The van der Waals surface area contributed by atoms with Gasteiger partial charge in [0.2, 0.25) is 5.89 Å². The molecule has 0 unspecified atom stereocenters. The summed E-state index contributed by atoms with van der Waals surface area (Å²) in [5.41, 5.74) is 0. The molecule has 25 heavy (non-hydrogen) atoms. The summed E-state index contributed by atoms with van der Waals surface area (Å²) in [7, 11) is 0. The number of aromatic nitrogens is 3. The van der Waals surface area contributed by atoms with Gasteiger partial charge < -0.3 is 9.42 Å². The van der Waals surface area contributed by atoms with E-state index in [0.717, 1.165) is 44.4 Å². The average molecular weight is 373 g/mol. The quantitative estimate of drug-likeness (QED) is 0.821. The van der Waals surface area contributed by atoms with E-state index >= 15 is 0 Å². The van der Waals surface area contributed by atoms with Crippen LogP contribution in [-0.2, 0) is 12.7 Å². The molecule has 1 aliphatic heterocycles. The van der Waals surface area contributed by atoms with Crippen molar-refractivity contribution < 1.29 is 17.7 Å². The highest BCUT2D eigenvalue weighted by molar-refractivity contribution is 7.15. The molecule has 0 radical (unpaired) electrons. The maximum atomic E-state index is 12.7. The third kappa shape index (κ3) is 3.95. The van der Waals surface area contributed by atoms with Crippen LogP contribution < -0.4 is 4.90 Å². The van der Waals surface area contributed by atoms with Crippen LogP contribution in [-0.4, -0.2) is 46.2 Å². The number of hydrogen-bond donors (Lipinski definition) is 0. The third-order valence-corrected chi connectivity index (χ3v) is 5.51. The number of nitrogens with zero attached hydrogens (tertiary/aromatic N) is 5. The monoisotopic (exact) mass is 373 g/mol. The molecular weight excluding hydrogens is 355 g/mol. The minimum Gasteiger partial charge on any atom is -0.347 e. The molecule has 1 saturated heterocycles. The lowest BCUT2D eigenvalue weighted by molar-refractivity contribution is -0.134. The fourth-order valence-corrected chi connectivity index (χ4v) is 3.73. The smallest absolute Gasteiger partial charge is 0.347 e. The molecule has 4 rings (SSSR count). The lowest BCUT2D eigenvalue weighted by atomic mass is 10.4. The molecule has 10 heteroatoms. The average Bonchev–Trinajstić information content (AvgIpc) is 3.17. The summed E-state index contributed by atoms with van der Waals surface area (Å²) >= 11 is 0.706. The van der Waals surface area contributed by atoms with Crippen molar-refractivity contribution in [2.75, 3.05) is 31.1 Å². The number of alkyl halides is 3. The van der Waals surface area contributed by atoms with Crippen molar-refractivity contribution in [2.45, 2.75) is 37.9 Å². The van der Waals surface area contributed by atoms with Crippen LogP contribution >= 0.6 is 11.3 Å². The Bertz CT molecular complexity index is 727. The Morgan fingerprint density at radius 3 is 2.76 bits per heavy atom. The molecule has 2 aliphatic rings. The molecule has 0 N–H and O–H groups in total. The zero-order valence-corrected chi connectivity index (χ0v) is 14.3. The fourth-order valence-electron chi connectivity index (χ4n) is 2.89. The Hall–Kier alpha value is -1.68. The first-order valence-corrected chi connectivity index (χ1v) is 9.13. The predicted molar refractivity (Wildman–Crippen MR) is 85.5 cm³/mol. The van der Waals surface area contributed by atoms with E-state index in [1.54, 1.807) is 0 Å². The number of halogens is 3. The Morgan fingerprint density at radius 2 is 2.04 bits per heavy atom. The molecule has 0 aromatic carbocycles. The summed E-state index contributed by atoms with van der Waals surface area (Å²) in [6, 6.07) is 0. The van der Waals surface area contributed by atoms with Crippen molar-refractivity contribution >= 4 is 16.5 Å². The van der Waals surface area contributed by atoms with Gasteiger partial charge in [-0.05, 0) is 19.3 Å². The van der Waals surface area contributed by atoms with Crippen LogP contribution in [0.3, 0.4) is 0 Å². The highest BCUT2D eigenvalue weighted by atomic mass is 32.1. The van der Waals surface area contributed by atoms with Gasteiger partial charge in [0.25, 0.3) is 0 Å². The summed E-state index contributed by atoms with van der Waals surface area (Å²) in [4.78, 5) is 11.9. The molecular formula is C15H18F3N5OS. The number of rotatable bonds is 4. The molecule has 0 atom stereocenters. The van der Waals surface area contributed by atoms with Crippen molar-refractivity contribution in [3.05, 3.63) is 22.8 Å². The molecule has 6 nitrogen and oxygen atoms in total. The predicted octanol–water partition coefficient (Wildman–Crippen LogP) is 3.13. The SMILES string of the molecule is FC(F)(F)c1cnc(N2CCCN(Cc3noc(C4CC4)n3)CC2)s1. The first-order valence-electron chi connectivity index (χ1n) is 8.32. The number of thiazole rings is 1. The second-order valence-corrected chi connectivity index (χ2v) is 7.45. The van der Waals surface area contributed by atoms with Gasteiger partial charge >= 0.3 is 6.18 Å². The van der Waals surface area contributed by atoms with Gasteiger partial charge in [-0.15, -0.1) is 0 Å². The highest BCUT2D eigenvalue weighted by Crippen LogP contribution is 2.39. The van der Waals surface area contributed by atoms with Crippen LogP contribution in [0.5, 0.6) is 0 Å². The topological polar surface area (TPSA) is 58.3 Å². The van der Waals surface area contributed by atoms with Gasteiger partial charge in [-0.2, -0.15) is 18.2 Å². The zero-order chi connectivity index (χ0) is 17.4. The molecule has 3 heterocycles. The minimum absolute atomic E-state index is 0.435. The summed E-state index contributed by atoms with van der Waals surface area (Å²) < 4.78 is 43.5. The molecule has 136 valence electrons. The maximum absolute atomic E-state index is 12.7. The minimum atomic E-state index is -4.33. The Morgan fingerprint density at radius 1 is 1.20 bits per heavy atom. The molecule has 0 amide bonds. The van der Waals surface area contributed by atoms with Gasteiger partial charge in [0.1, 0.15) is 4.88 Å². The first kappa shape index (κ1) is 16.8. The van der Waals surface area contributed by atoms with Gasteiger partial charge in [-0.25, -0.2) is 4.98 Å². The van der Waals surface area contributed by atoms with Crippen molar-refractivity contribution in [3.8, 4) is 0 Å². The lowest BCUT2D eigenvalue weighted by Gasteiger charge is -2.20. The Kier molecular flexibility index (Phi) is 4.40. The van der Waals surface area contributed by atoms with Crippen molar-refractivity contribution in [2.24, 2.45) is 0 Å². The lowest BCUT2D eigenvalue weighted by Crippen LogP contribution is -2.30. The molecule has 1 aliphatic carbocycles. The highest BCUT2D eigenvalue weighted by Gasteiger charge is 2.34. The standard InChI is InChI=1S/C15H18F3N5OS/c16-15(17,18)11-8-19-14(25-11)23-5-1-4-22(6-7-23)9-12-20-13(24-21-12)10-2-3-10/h8,10H,1-7,9H2. The molecule has 2 fully saturated rings. The molecule has 0 bridgehead atoms. The summed E-state index contributed by atoms with van der Waals surface area (Å²) in [5, 5.41) is 4.47. The normalized spacial score (nSPS) is 20.0. The number of anilines is 1. The molecule has 0 spiro atoms. The van der Waals surface area contributed by atoms with Crippen molar-refractivity contribution in [1.82, 2.24) is 20.0 Å². The van der Waals surface area contributed by atoms with E-state index in [1.165, 1.54) is 0 Å². The van der Waals surface area contributed by atoms with Gasteiger partial charge in [-0.1, -0.05) is 16.5 Å². The van der Waals surface area contributed by atoms with E-state index in [0.29, 0.717) is 47.8 Å². The van der Waals surface area contributed by atoms with Crippen molar-refractivity contribution in [3.63, 3.8) is 0 Å². The Labute approximate surface area is 146 Å². The van der Waals surface area contributed by atoms with E-state index in [2.05, 4.69) is 20.0 Å². The zero-order valence-electron chi connectivity index (χ0n) is 13.5. The van der Waals surface area contributed by atoms with E-state index in [-0.39, 0.29) is 0 Å². The van der Waals surface area contributed by atoms with E-state index in [1.807, 2.05) is 4.90 Å². The summed E-state index contributed by atoms with van der Waals surface area (Å²) in [5.74, 6) is 1.85. The summed E-state index contributed by atoms with van der Waals surface area (Å²) in [6.45, 7) is 3.52. The van der Waals surface area contributed by atoms with Crippen LogP contribution in [0.2, 0.25) is 0 Å². The fraction of sp³-hybridized carbons (Fsp3) is 0.667. The van der Waals surface area contributed by atoms with Gasteiger partial charge in [0.05, 0.1) is 12.7 Å². The van der Waals surface area contributed by atoms with E-state index in [4.69, 9.17) is 4.52 Å². The third-order valence-electron chi connectivity index (χ3n) is 4.41. The second kappa shape index (κ2) is 6.56. The van der Waals surface area contributed by atoms with Crippen LogP contribution in [0.1, 0.15) is 41.8 Å². The summed E-state index contributed by atoms with van der Waals surface area (Å²) in [6.07, 6.45) is -0.316. The largest absolute Gasteiger partial charge is 0.427 e. The molecule has 2 aromatic rings. The maximum Gasteiger partial charge on any atom is 0.427 e. The van der Waals surface area contributed by atoms with Crippen LogP contribution in [0.15, 0.2) is 10.7 Å². The van der Waals surface area contributed by atoms with Crippen LogP contribution in [0.4, 0.5) is 18.3 Å². The van der Waals surface area contributed by atoms with Gasteiger partial charge in [0.15, 0.2) is 11.0 Å². The molecule has 1 saturated carbocycles. The van der Waals surface area contributed by atoms with Gasteiger partial charge in [0, 0.05) is 32.1 Å². The number of hydrogen-bond acceptors (Lipinski definition) is 7. The molecule has 2 aromatic heterocycles. The van der Waals surface area contributed by atoms with Crippen LogP contribution in [0, 0.1) is 0 Å². The second-order valence-electron chi connectivity index (χ2n) is 6.44.